The van der Waals surface area contributed by atoms with Gasteiger partial charge >= 0.3 is 0 Å². The van der Waals surface area contributed by atoms with Gasteiger partial charge in [-0.3, -0.25) is 9.48 Å². The van der Waals surface area contributed by atoms with Crippen molar-refractivity contribution in [2.75, 3.05) is 5.32 Å². The molecule has 5 nitrogen and oxygen atoms in total. The SMILES string of the molecule is Cc1c(Br)cnn1[C@H](C)C(=O)Nc1nccs1. The van der Waals surface area contributed by atoms with Crippen molar-refractivity contribution in [2.24, 2.45) is 0 Å². The van der Waals surface area contributed by atoms with Gasteiger partial charge in [0.2, 0.25) is 0 Å². The molecule has 2 aromatic rings. The van der Waals surface area contributed by atoms with E-state index in [9.17, 15) is 4.79 Å². The number of carbonyl (C=O) groups excluding carboxylic acids is 1. The Balaban J connectivity index is 2.12. The van der Waals surface area contributed by atoms with E-state index >= 15 is 0 Å². The average molecular weight is 315 g/mol. The molecule has 90 valence electrons. The average Bonchev–Trinajstić information content (AvgIpc) is 2.90. The number of anilines is 1. The highest BCUT2D eigenvalue weighted by Gasteiger charge is 2.19. The largest absolute Gasteiger partial charge is 0.300 e. The van der Waals surface area contributed by atoms with Crippen LogP contribution in [0.2, 0.25) is 0 Å². The van der Waals surface area contributed by atoms with Gasteiger partial charge in [-0.1, -0.05) is 0 Å². The Morgan fingerprint density at radius 2 is 2.41 bits per heavy atom. The van der Waals surface area contributed by atoms with Crippen molar-refractivity contribution in [3.63, 3.8) is 0 Å². The number of thiazole rings is 1. The summed E-state index contributed by atoms with van der Waals surface area (Å²) < 4.78 is 2.57. The van der Waals surface area contributed by atoms with E-state index in [1.807, 2.05) is 12.3 Å². The van der Waals surface area contributed by atoms with Crippen molar-refractivity contribution in [1.82, 2.24) is 14.8 Å². The molecule has 0 radical (unpaired) electrons. The van der Waals surface area contributed by atoms with Crippen LogP contribution in [0.5, 0.6) is 0 Å². The molecule has 0 aliphatic carbocycles. The third-order valence-electron chi connectivity index (χ3n) is 2.39. The van der Waals surface area contributed by atoms with Crippen molar-refractivity contribution in [1.29, 1.82) is 0 Å². The van der Waals surface area contributed by atoms with Gasteiger partial charge in [-0.15, -0.1) is 11.3 Å². The fourth-order valence-corrected chi connectivity index (χ4v) is 2.20. The smallest absolute Gasteiger partial charge is 0.250 e. The summed E-state index contributed by atoms with van der Waals surface area (Å²) in [5.41, 5.74) is 0.923. The van der Waals surface area contributed by atoms with Crippen molar-refractivity contribution in [3.05, 3.63) is 27.9 Å². The van der Waals surface area contributed by atoms with Crippen LogP contribution in [0.25, 0.3) is 0 Å². The van der Waals surface area contributed by atoms with E-state index in [2.05, 4.69) is 31.3 Å². The predicted molar refractivity (Wildman–Crippen MR) is 70.1 cm³/mol. The predicted octanol–water partition coefficient (Wildman–Crippen LogP) is 2.61. The van der Waals surface area contributed by atoms with Gasteiger partial charge in [-0.2, -0.15) is 5.10 Å². The minimum Gasteiger partial charge on any atom is -0.300 e. The lowest BCUT2D eigenvalue weighted by Crippen LogP contribution is -2.25. The van der Waals surface area contributed by atoms with Gasteiger partial charge in [0.15, 0.2) is 5.13 Å². The quantitative estimate of drug-likeness (QED) is 0.947. The normalized spacial score (nSPS) is 12.4. The molecule has 17 heavy (non-hydrogen) atoms. The van der Waals surface area contributed by atoms with E-state index in [1.54, 1.807) is 24.0 Å². The first-order valence-corrected chi connectivity index (χ1v) is 6.67. The number of nitrogens with one attached hydrogen (secondary N) is 1. The zero-order valence-corrected chi connectivity index (χ0v) is 11.7. The molecule has 2 aromatic heterocycles. The Morgan fingerprint density at radius 1 is 1.65 bits per heavy atom. The molecule has 0 bridgehead atoms. The second-order valence-corrected chi connectivity index (χ2v) is 5.27. The highest BCUT2D eigenvalue weighted by Crippen LogP contribution is 2.20. The summed E-state index contributed by atoms with van der Waals surface area (Å²) in [4.78, 5) is 16.0. The number of hydrogen-bond donors (Lipinski definition) is 1. The van der Waals surface area contributed by atoms with E-state index < -0.39 is 0 Å². The van der Waals surface area contributed by atoms with Crippen molar-refractivity contribution in [3.8, 4) is 0 Å². The number of halogens is 1. The van der Waals surface area contributed by atoms with Crippen LogP contribution < -0.4 is 5.32 Å². The first kappa shape index (κ1) is 12.3. The van der Waals surface area contributed by atoms with E-state index in [1.165, 1.54) is 11.3 Å². The Bertz CT molecular complexity index is 522. The lowest BCUT2D eigenvalue weighted by Gasteiger charge is -2.13. The molecule has 0 saturated carbocycles. The van der Waals surface area contributed by atoms with Crippen LogP contribution in [0, 0.1) is 6.92 Å². The van der Waals surface area contributed by atoms with Gasteiger partial charge in [-0.05, 0) is 29.8 Å². The van der Waals surface area contributed by atoms with Crippen LogP contribution in [0.3, 0.4) is 0 Å². The zero-order chi connectivity index (χ0) is 12.4. The Morgan fingerprint density at radius 3 is 2.94 bits per heavy atom. The van der Waals surface area contributed by atoms with Crippen LogP contribution in [0.1, 0.15) is 18.7 Å². The summed E-state index contributed by atoms with van der Waals surface area (Å²) in [6, 6.07) is -0.370. The van der Waals surface area contributed by atoms with E-state index in [-0.39, 0.29) is 11.9 Å². The molecule has 0 spiro atoms. The fourth-order valence-electron chi connectivity index (χ4n) is 1.40. The molecule has 0 aliphatic rings. The fraction of sp³-hybridized carbons (Fsp3) is 0.300. The van der Waals surface area contributed by atoms with Crippen LogP contribution in [0.15, 0.2) is 22.2 Å². The maximum atomic E-state index is 12.0. The van der Waals surface area contributed by atoms with Gasteiger partial charge in [0.25, 0.3) is 5.91 Å². The molecule has 1 amide bonds. The second-order valence-electron chi connectivity index (χ2n) is 3.52. The molecular weight excluding hydrogens is 304 g/mol. The van der Waals surface area contributed by atoms with Gasteiger partial charge < -0.3 is 5.32 Å². The van der Waals surface area contributed by atoms with Gasteiger partial charge in [-0.25, -0.2) is 4.98 Å². The van der Waals surface area contributed by atoms with Gasteiger partial charge in [0.05, 0.1) is 16.4 Å². The third-order valence-corrected chi connectivity index (χ3v) is 3.86. The van der Waals surface area contributed by atoms with E-state index in [0.29, 0.717) is 5.13 Å². The lowest BCUT2D eigenvalue weighted by molar-refractivity contribution is -0.119. The number of hydrogen-bond acceptors (Lipinski definition) is 4. The van der Waals surface area contributed by atoms with Gasteiger partial charge in [0, 0.05) is 11.6 Å². The summed E-state index contributed by atoms with van der Waals surface area (Å²) in [5, 5.41) is 9.32. The second kappa shape index (κ2) is 4.97. The van der Waals surface area contributed by atoms with Crippen molar-refractivity contribution in [2.45, 2.75) is 19.9 Å². The van der Waals surface area contributed by atoms with Gasteiger partial charge in [0.1, 0.15) is 6.04 Å². The molecule has 1 N–H and O–H groups in total. The molecule has 0 aromatic carbocycles. The van der Waals surface area contributed by atoms with Crippen LogP contribution in [-0.2, 0) is 4.79 Å². The van der Waals surface area contributed by atoms with Crippen LogP contribution in [-0.4, -0.2) is 20.7 Å². The maximum absolute atomic E-state index is 12.0. The number of nitrogens with zero attached hydrogens (tertiary/aromatic N) is 3. The summed E-state index contributed by atoms with van der Waals surface area (Å²) in [5.74, 6) is -0.126. The molecule has 2 heterocycles. The molecule has 2 rings (SSSR count). The number of carbonyl (C=O) groups is 1. The molecular formula is C10H11BrN4OS. The lowest BCUT2D eigenvalue weighted by atomic mass is 10.3. The van der Waals surface area contributed by atoms with E-state index in [0.717, 1.165) is 10.2 Å². The first-order chi connectivity index (χ1) is 8.09. The zero-order valence-electron chi connectivity index (χ0n) is 9.35. The minimum atomic E-state index is -0.370. The summed E-state index contributed by atoms with van der Waals surface area (Å²) in [6.45, 7) is 3.71. The molecule has 0 fully saturated rings. The standard InChI is InChI=1S/C10H11BrN4OS/c1-6-8(11)5-13-15(6)7(2)9(16)14-10-12-3-4-17-10/h3-5,7H,1-2H3,(H,12,14,16)/t7-/m1/s1. The monoisotopic (exact) mass is 314 g/mol. The molecule has 0 unspecified atom stereocenters. The summed E-state index contributed by atoms with van der Waals surface area (Å²) in [7, 11) is 0. The molecule has 0 aliphatic heterocycles. The van der Waals surface area contributed by atoms with Crippen LogP contribution in [0.4, 0.5) is 5.13 Å². The minimum absolute atomic E-state index is 0.126. The third kappa shape index (κ3) is 2.55. The maximum Gasteiger partial charge on any atom is 0.250 e. The topological polar surface area (TPSA) is 59.8 Å². The van der Waals surface area contributed by atoms with Crippen LogP contribution >= 0.6 is 27.3 Å². The number of amides is 1. The molecule has 0 saturated heterocycles. The van der Waals surface area contributed by atoms with E-state index in [4.69, 9.17) is 0 Å². The van der Waals surface area contributed by atoms with Crippen molar-refractivity contribution < 1.29 is 4.79 Å². The molecule has 7 heteroatoms. The number of rotatable bonds is 3. The molecule has 1 atom stereocenters. The Labute approximate surface area is 111 Å². The first-order valence-electron chi connectivity index (χ1n) is 4.99. The van der Waals surface area contributed by atoms with Crippen molar-refractivity contribution >= 4 is 38.3 Å². The Kier molecular flexibility index (Phi) is 3.58. The highest BCUT2D eigenvalue weighted by atomic mass is 79.9. The summed E-state index contributed by atoms with van der Waals surface area (Å²) >= 11 is 4.76. The Hall–Kier alpha value is -1.21. The summed E-state index contributed by atoms with van der Waals surface area (Å²) in [6.07, 6.45) is 3.34. The number of aromatic nitrogens is 3. The highest BCUT2D eigenvalue weighted by molar-refractivity contribution is 9.10.